The Bertz CT molecular complexity index is 1400. The van der Waals surface area contributed by atoms with Crippen LogP contribution in [-0.4, -0.2) is 52.0 Å². The van der Waals surface area contributed by atoms with Crippen molar-refractivity contribution in [1.82, 2.24) is 4.31 Å². The third-order valence-corrected chi connectivity index (χ3v) is 7.69. The van der Waals surface area contributed by atoms with Crippen LogP contribution in [-0.2, 0) is 14.8 Å². The average Bonchev–Trinajstić information content (AvgIpc) is 2.99. The molecule has 2 aliphatic heterocycles. The molecule has 1 fully saturated rings. The molecule has 5 rings (SSSR count). The number of nitrogens with one attached hydrogen (secondary N) is 1. The lowest BCUT2D eigenvalue weighted by atomic mass is 10.1. The predicted molar refractivity (Wildman–Crippen MR) is 128 cm³/mol. The first-order chi connectivity index (χ1) is 16.9. The number of carbonyl (C=O) groups is 1. The molecule has 3 aromatic rings. The second-order valence-corrected chi connectivity index (χ2v) is 10.0. The van der Waals surface area contributed by atoms with Gasteiger partial charge in [0.1, 0.15) is 10.6 Å². The number of amides is 1. The van der Waals surface area contributed by atoms with E-state index in [2.05, 4.69) is 5.32 Å². The van der Waals surface area contributed by atoms with Gasteiger partial charge in [0.15, 0.2) is 23.0 Å². The third-order valence-electron chi connectivity index (χ3n) is 5.77. The van der Waals surface area contributed by atoms with Gasteiger partial charge in [-0.1, -0.05) is 18.2 Å². The van der Waals surface area contributed by atoms with E-state index in [1.807, 2.05) is 13.0 Å². The summed E-state index contributed by atoms with van der Waals surface area (Å²) in [7, 11) is -2.53. The Kier molecular flexibility index (Phi) is 6.10. The van der Waals surface area contributed by atoms with Gasteiger partial charge in [-0.15, -0.1) is 0 Å². The lowest BCUT2D eigenvalue weighted by molar-refractivity contribution is 0.0729. The molecular weight excluding hydrogens is 472 g/mol. The molecule has 0 atom stereocenters. The maximum atomic E-state index is 13.7. The standard InChI is InChI=1S/C25H24N2O7S/c1-16-7-8-19-18(13-16)26-25(28)17-14-24(35(29,30)27-9-11-32-12-10-27)23(15-22(17)33-19)34-21-6-4-3-5-20(21)31-2/h3-8,13-15H,9-12H2,1-2H3,(H,26,28). The van der Waals surface area contributed by atoms with E-state index in [1.165, 1.54) is 23.5 Å². The summed E-state index contributed by atoms with van der Waals surface area (Å²) in [5.74, 6) is 0.902. The summed E-state index contributed by atoms with van der Waals surface area (Å²) in [5, 5.41) is 2.81. The minimum absolute atomic E-state index is 0.0168. The third kappa shape index (κ3) is 4.43. The van der Waals surface area contributed by atoms with Crippen molar-refractivity contribution in [2.45, 2.75) is 11.8 Å². The van der Waals surface area contributed by atoms with Crippen molar-refractivity contribution in [2.24, 2.45) is 0 Å². The highest BCUT2D eigenvalue weighted by Gasteiger charge is 2.33. The topological polar surface area (TPSA) is 103 Å². The van der Waals surface area contributed by atoms with E-state index in [9.17, 15) is 13.2 Å². The SMILES string of the molecule is COc1ccccc1Oc1cc2c(cc1S(=O)(=O)N1CCOCC1)C(=O)Nc1cc(C)ccc1O2. The number of rotatable bonds is 5. The minimum Gasteiger partial charge on any atom is -0.493 e. The zero-order chi connectivity index (χ0) is 24.6. The molecule has 182 valence electrons. The van der Waals surface area contributed by atoms with Crippen LogP contribution >= 0.6 is 0 Å². The van der Waals surface area contributed by atoms with E-state index < -0.39 is 15.9 Å². The molecule has 9 nitrogen and oxygen atoms in total. The molecule has 0 saturated carbocycles. The number of para-hydroxylation sites is 2. The van der Waals surface area contributed by atoms with Crippen molar-refractivity contribution in [3.8, 4) is 28.7 Å². The molecule has 0 unspecified atom stereocenters. The van der Waals surface area contributed by atoms with E-state index in [1.54, 1.807) is 36.4 Å². The number of methoxy groups -OCH3 is 1. The number of benzene rings is 3. The number of morpholine rings is 1. The highest BCUT2D eigenvalue weighted by Crippen LogP contribution is 2.43. The average molecular weight is 497 g/mol. The smallest absolute Gasteiger partial charge is 0.259 e. The molecule has 0 spiro atoms. The first-order valence-electron chi connectivity index (χ1n) is 11.0. The van der Waals surface area contributed by atoms with Crippen molar-refractivity contribution in [2.75, 3.05) is 38.7 Å². The van der Waals surface area contributed by atoms with Crippen molar-refractivity contribution in [3.05, 3.63) is 65.7 Å². The maximum Gasteiger partial charge on any atom is 0.259 e. The summed E-state index contributed by atoms with van der Waals surface area (Å²) in [6.07, 6.45) is 0. The Morgan fingerprint density at radius 1 is 0.943 bits per heavy atom. The second kappa shape index (κ2) is 9.21. The Balaban J connectivity index is 1.66. The lowest BCUT2D eigenvalue weighted by Crippen LogP contribution is -2.40. The number of ether oxygens (including phenoxy) is 4. The first kappa shape index (κ1) is 23.2. The molecule has 3 aromatic carbocycles. The largest absolute Gasteiger partial charge is 0.493 e. The fraction of sp³-hybridized carbons (Fsp3) is 0.240. The fourth-order valence-corrected chi connectivity index (χ4v) is 5.50. The van der Waals surface area contributed by atoms with Crippen molar-refractivity contribution in [1.29, 1.82) is 0 Å². The van der Waals surface area contributed by atoms with Crippen LogP contribution in [0.1, 0.15) is 15.9 Å². The van der Waals surface area contributed by atoms with Gasteiger partial charge in [0, 0.05) is 19.2 Å². The van der Waals surface area contributed by atoms with E-state index in [0.717, 1.165) is 5.56 Å². The Morgan fingerprint density at radius 3 is 2.43 bits per heavy atom. The van der Waals surface area contributed by atoms with Gasteiger partial charge in [-0.05, 0) is 42.8 Å². The number of sulfonamides is 1. The van der Waals surface area contributed by atoms with Gasteiger partial charge in [0.2, 0.25) is 10.0 Å². The van der Waals surface area contributed by atoms with Crippen molar-refractivity contribution in [3.63, 3.8) is 0 Å². The van der Waals surface area contributed by atoms with Gasteiger partial charge in [0.25, 0.3) is 5.91 Å². The van der Waals surface area contributed by atoms with Gasteiger partial charge in [-0.25, -0.2) is 8.42 Å². The molecule has 2 aliphatic rings. The van der Waals surface area contributed by atoms with Crippen LogP contribution in [0.2, 0.25) is 0 Å². The van der Waals surface area contributed by atoms with Crippen LogP contribution in [0.5, 0.6) is 28.7 Å². The zero-order valence-corrected chi connectivity index (χ0v) is 20.1. The predicted octanol–water partition coefficient (Wildman–Crippen LogP) is 4.17. The monoisotopic (exact) mass is 496 g/mol. The molecule has 10 heteroatoms. The van der Waals surface area contributed by atoms with Crippen LogP contribution in [0.4, 0.5) is 5.69 Å². The summed E-state index contributed by atoms with van der Waals surface area (Å²) in [5.41, 5.74) is 1.52. The van der Waals surface area contributed by atoms with Crippen LogP contribution in [0.3, 0.4) is 0 Å². The number of nitrogens with zero attached hydrogens (tertiary/aromatic N) is 1. The summed E-state index contributed by atoms with van der Waals surface area (Å²) in [6, 6.07) is 15.0. The molecule has 35 heavy (non-hydrogen) atoms. The summed E-state index contributed by atoms with van der Waals surface area (Å²) in [4.78, 5) is 13.0. The number of fused-ring (bicyclic) bond motifs is 2. The maximum absolute atomic E-state index is 13.7. The first-order valence-corrected chi connectivity index (χ1v) is 12.5. The number of anilines is 1. The minimum atomic E-state index is -4.02. The molecule has 0 bridgehead atoms. The molecule has 0 aromatic heterocycles. The lowest BCUT2D eigenvalue weighted by Gasteiger charge is -2.27. The fourth-order valence-electron chi connectivity index (χ4n) is 3.97. The van der Waals surface area contributed by atoms with Gasteiger partial charge < -0.3 is 24.3 Å². The molecule has 2 heterocycles. The van der Waals surface area contributed by atoms with Crippen LogP contribution < -0.4 is 19.5 Å². The van der Waals surface area contributed by atoms with Gasteiger partial charge in [0.05, 0.1) is 31.6 Å². The molecule has 1 N–H and O–H groups in total. The van der Waals surface area contributed by atoms with Crippen molar-refractivity contribution >= 4 is 21.6 Å². The van der Waals surface area contributed by atoms with Gasteiger partial charge in [-0.3, -0.25) is 4.79 Å². The number of carbonyl (C=O) groups excluding carboxylic acids is 1. The highest BCUT2D eigenvalue weighted by atomic mass is 32.2. The molecule has 0 aliphatic carbocycles. The number of hydrogen-bond acceptors (Lipinski definition) is 7. The number of hydrogen-bond donors (Lipinski definition) is 1. The molecule has 0 radical (unpaired) electrons. The summed E-state index contributed by atoms with van der Waals surface area (Å²) < 4.78 is 51.5. The normalized spacial score (nSPS) is 15.8. The Labute approximate surface area is 203 Å². The van der Waals surface area contributed by atoms with Crippen LogP contribution in [0.15, 0.2) is 59.5 Å². The zero-order valence-electron chi connectivity index (χ0n) is 19.2. The van der Waals surface area contributed by atoms with Crippen LogP contribution in [0.25, 0.3) is 0 Å². The molecule has 1 amide bonds. The molecule has 1 saturated heterocycles. The van der Waals surface area contributed by atoms with Crippen molar-refractivity contribution < 1.29 is 32.2 Å². The summed E-state index contributed by atoms with van der Waals surface area (Å²) in [6.45, 7) is 2.86. The van der Waals surface area contributed by atoms with E-state index in [0.29, 0.717) is 22.9 Å². The second-order valence-electron chi connectivity index (χ2n) is 8.12. The number of aryl methyl sites for hydroxylation is 1. The van der Waals surface area contributed by atoms with E-state index in [4.69, 9.17) is 18.9 Å². The molecular formula is C25H24N2O7S. The quantitative estimate of drug-likeness (QED) is 0.565. The van der Waals surface area contributed by atoms with E-state index >= 15 is 0 Å². The van der Waals surface area contributed by atoms with Crippen LogP contribution in [0, 0.1) is 6.92 Å². The van der Waals surface area contributed by atoms with Gasteiger partial charge >= 0.3 is 0 Å². The Hall–Kier alpha value is -3.60. The Morgan fingerprint density at radius 2 is 1.69 bits per heavy atom. The van der Waals surface area contributed by atoms with E-state index in [-0.39, 0.29) is 48.3 Å². The highest BCUT2D eigenvalue weighted by molar-refractivity contribution is 7.89. The van der Waals surface area contributed by atoms with Gasteiger partial charge in [-0.2, -0.15) is 4.31 Å². The summed E-state index contributed by atoms with van der Waals surface area (Å²) >= 11 is 0.